The molecule has 34 heavy (non-hydrogen) atoms. The van der Waals surface area contributed by atoms with Gasteiger partial charge in [-0.1, -0.05) is 12.1 Å². The van der Waals surface area contributed by atoms with Crippen LogP contribution in [0.25, 0.3) is 0 Å². The summed E-state index contributed by atoms with van der Waals surface area (Å²) in [5.74, 6) is 1.30. The van der Waals surface area contributed by atoms with Gasteiger partial charge in [-0.15, -0.1) is 11.8 Å². The number of methoxy groups -OCH3 is 2. The molecule has 0 spiro atoms. The van der Waals surface area contributed by atoms with Gasteiger partial charge in [0.25, 0.3) is 5.91 Å². The summed E-state index contributed by atoms with van der Waals surface area (Å²) in [5.41, 5.74) is 1.75. The first-order valence-electron chi connectivity index (χ1n) is 10.8. The van der Waals surface area contributed by atoms with E-state index >= 15 is 0 Å². The predicted octanol–water partition coefficient (Wildman–Crippen LogP) is 5.47. The van der Waals surface area contributed by atoms with E-state index in [0.717, 1.165) is 4.90 Å². The quantitative estimate of drug-likeness (QED) is 0.374. The van der Waals surface area contributed by atoms with Gasteiger partial charge < -0.3 is 24.8 Å². The molecule has 0 aliphatic rings. The molecule has 3 rings (SSSR count). The van der Waals surface area contributed by atoms with Crippen molar-refractivity contribution in [1.82, 2.24) is 0 Å². The van der Waals surface area contributed by atoms with Crippen LogP contribution < -0.4 is 24.8 Å². The molecule has 0 aromatic heterocycles. The van der Waals surface area contributed by atoms with Gasteiger partial charge in [0.1, 0.15) is 5.75 Å². The van der Waals surface area contributed by atoms with Crippen molar-refractivity contribution >= 4 is 35.0 Å². The monoisotopic (exact) mass is 480 g/mol. The molecule has 1 atom stereocenters. The summed E-state index contributed by atoms with van der Waals surface area (Å²) in [6.45, 7) is 4.26. The zero-order valence-corrected chi connectivity index (χ0v) is 20.4. The number of rotatable bonds is 10. The molecule has 3 aromatic rings. The number of thioether (sulfide) groups is 1. The molecule has 0 radical (unpaired) electrons. The number of hydrogen-bond donors (Lipinski definition) is 2. The Morgan fingerprint density at radius 2 is 1.59 bits per heavy atom. The molecule has 7 nitrogen and oxygen atoms in total. The third kappa shape index (κ3) is 6.45. The number of carbonyl (C=O) groups is 2. The molecule has 8 heteroatoms. The lowest BCUT2D eigenvalue weighted by Gasteiger charge is -2.15. The van der Waals surface area contributed by atoms with Crippen molar-refractivity contribution in [3.05, 3.63) is 72.3 Å². The number of ether oxygens (including phenoxy) is 3. The average molecular weight is 481 g/mol. The van der Waals surface area contributed by atoms with Gasteiger partial charge in [-0.25, -0.2) is 0 Å². The molecule has 2 amide bonds. The number of para-hydroxylation sites is 2. The van der Waals surface area contributed by atoms with Crippen molar-refractivity contribution in [3.8, 4) is 17.2 Å². The molecule has 0 fully saturated rings. The van der Waals surface area contributed by atoms with Gasteiger partial charge in [0.15, 0.2) is 11.5 Å². The highest BCUT2D eigenvalue weighted by molar-refractivity contribution is 8.00. The minimum atomic E-state index is -0.332. The lowest BCUT2D eigenvalue weighted by atomic mass is 10.2. The van der Waals surface area contributed by atoms with Gasteiger partial charge >= 0.3 is 0 Å². The van der Waals surface area contributed by atoms with Crippen LogP contribution in [0.1, 0.15) is 24.2 Å². The Labute approximate surface area is 203 Å². The molecule has 2 N–H and O–H groups in total. The molecule has 3 aromatic carbocycles. The summed E-state index contributed by atoms with van der Waals surface area (Å²) in [4.78, 5) is 26.2. The number of anilines is 2. The Hall–Kier alpha value is -3.65. The van der Waals surface area contributed by atoms with E-state index in [-0.39, 0.29) is 17.1 Å². The van der Waals surface area contributed by atoms with E-state index in [4.69, 9.17) is 14.2 Å². The molecule has 0 saturated carbocycles. The third-order valence-electron chi connectivity index (χ3n) is 4.88. The Balaban J connectivity index is 1.59. The van der Waals surface area contributed by atoms with Crippen LogP contribution in [0.4, 0.5) is 11.4 Å². The number of hydrogen-bond acceptors (Lipinski definition) is 6. The highest BCUT2D eigenvalue weighted by atomic mass is 32.2. The first kappa shape index (κ1) is 25.0. The largest absolute Gasteiger partial charge is 0.493 e. The second kappa shape index (κ2) is 12.0. The Bertz CT molecular complexity index is 1130. The minimum Gasteiger partial charge on any atom is -0.493 e. The van der Waals surface area contributed by atoms with E-state index < -0.39 is 0 Å². The van der Waals surface area contributed by atoms with Crippen LogP contribution >= 0.6 is 11.8 Å². The number of nitrogens with one attached hydrogen (secondary N) is 2. The standard InChI is InChI=1S/C26H28N2O5S/c1-5-33-22-9-7-6-8-21(22)28-25(29)17(2)34-20-13-11-19(12-14-20)27-26(30)18-10-15-23(31-3)24(16-18)32-4/h6-17H,5H2,1-4H3,(H,27,30)(H,28,29). The first-order valence-corrected chi connectivity index (χ1v) is 11.7. The van der Waals surface area contributed by atoms with E-state index in [0.29, 0.717) is 40.8 Å². The summed E-state index contributed by atoms with van der Waals surface area (Å²) in [5, 5.41) is 5.46. The normalized spacial score (nSPS) is 11.3. The highest BCUT2D eigenvalue weighted by Crippen LogP contribution is 2.30. The Morgan fingerprint density at radius 1 is 0.882 bits per heavy atom. The number of carbonyl (C=O) groups excluding carboxylic acids is 2. The van der Waals surface area contributed by atoms with Crippen molar-refractivity contribution in [2.45, 2.75) is 24.0 Å². The van der Waals surface area contributed by atoms with Gasteiger partial charge in [0.05, 0.1) is 31.8 Å². The van der Waals surface area contributed by atoms with E-state index in [1.165, 1.54) is 18.9 Å². The topological polar surface area (TPSA) is 85.9 Å². The van der Waals surface area contributed by atoms with Crippen LogP contribution in [0, 0.1) is 0 Å². The lowest BCUT2D eigenvalue weighted by Crippen LogP contribution is -2.22. The Kier molecular flexibility index (Phi) is 8.81. The molecule has 0 aliphatic carbocycles. The van der Waals surface area contributed by atoms with Crippen LogP contribution in [0.2, 0.25) is 0 Å². The molecule has 178 valence electrons. The summed E-state index contributed by atoms with van der Waals surface area (Å²) < 4.78 is 16.0. The zero-order valence-electron chi connectivity index (χ0n) is 19.6. The Morgan fingerprint density at radius 3 is 2.26 bits per heavy atom. The fourth-order valence-corrected chi connectivity index (χ4v) is 4.01. The fraction of sp³-hybridized carbons (Fsp3) is 0.231. The van der Waals surface area contributed by atoms with Gasteiger partial charge in [-0.3, -0.25) is 9.59 Å². The van der Waals surface area contributed by atoms with E-state index in [1.807, 2.05) is 50.2 Å². The second-order valence-electron chi connectivity index (χ2n) is 7.23. The second-order valence-corrected chi connectivity index (χ2v) is 8.64. The average Bonchev–Trinajstić information content (AvgIpc) is 2.86. The van der Waals surface area contributed by atoms with Crippen molar-refractivity contribution in [2.75, 3.05) is 31.5 Å². The maximum Gasteiger partial charge on any atom is 0.255 e. The molecule has 0 heterocycles. The van der Waals surface area contributed by atoms with Crippen molar-refractivity contribution in [2.24, 2.45) is 0 Å². The number of benzene rings is 3. The first-order chi connectivity index (χ1) is 16.4. The molecular weight excluding hydrogens is 452 g/mol. The predicted molar refractivity (Wildman–Crippen MR) is 136 cm³/mol. The van der Waals surface area contributed by atoms with Gasteiger partial charge in [-0.05, 0) is 68.4 Å². The molecule has 0 bridgehead atoms. The van der Waals surface area contributed by atoms with Crippen LogP contribution in [0.3, 0.4) is 0 Å². The van der Waals surface area contributed by atoms with E-state index in [1.54, 1.807) is 37.4 Å². The zero-order chi connectivity index (χ0) is 24.5. The van der Waals surface area contributed by atoms with Crippen molar-refractivity contribution < 1.29 is 23.8 Å². The molecule has 0 aliphatic heterocycles. The van der Waals surface area contributed by atoms with E-state index in [9.17, 15) is 9.59 Å². The third-order valence-corrected chi connectivity index (χ3v) is 6.00. The fourth-order valence-electron chi connectivity index (χ4n) is 3.14. The smallest absolute Gasteiger partial charge is 0.255 e. The SMILES string of the molecule is CCOc1ccccc1NC(=O)C(C)Sc1ccc(NC(=O)c2ccc(OC)c(OC)c2)cc1. The van der Waals surface area contributed by atoms with Crippen LogP contribution in [0.5, 0.6) is 17.2 Å². The van der Waals surface area contributed by atoms with Gasteiger partial charge in [0, 0.05) is 16.1 Å². The minimum absolute atomic E-state index is 0.122. The number of amides is 2. The van der Waals surface area contributed by atoms with Crippen molar-refractivity contribution in [1.29, 1.82) is 0 Å². The van der Waals surface area contributed by atoms with Crippen LogP contribution in [-0.4, -0.2) is 37.9 Å². The van der Waals surface area contributed by atoms with Gasteiger partial charge in [0.2, 0.25) is 5.91 Å². The van der Waals surface area contributed by atoms with Crippen LogP contribution in [-0.2, 0) is 4.79 Å². The summed E-state index contributed by atoms with van der Waals surface area (Å²) in [7, 11) is 3.07. The highest BCUT2D eigenvalue weighted by Gasteiger charge is 2.17. The summed E-state index contributed by atoms with van der Waals surface area (Å²) in [6, 6.07) is 19.7. The lowest BCUT2D eigenvalue weighted by molar-refractivity contribution is -0.115. The van der Waals surface area contributed by atoms with Crippen molar-refractivity contribution in [3.63, 3.8) is 0 Å². The summed E-state index contributed by atoms with van der Waals surface area (Å²) >= 11 is 1.43. The maximum absolute atomic E-state index is 12.7. The molecule has 0 saturated heterocycles. The summed E-state index contributed by atoms with van der Waals surface area (Å²) in [6.07, 6.45) is 0. The molecule has 1 unspecified atom stereocenters. The van der Waals surface area contributed by atoms with Crippen LogP contribution in [0.15, 0.2) is 71.6 Å². The van der Waals surface area contributed by atoms with Gasteiger partial charge in [-0.2, -0.15) is 0 Å². The van der Waals surface area contributed by atoms with E-state index in [2.05, 4.69) is 10.6 Å². The molecular formula is C26H28N2O5S. The maximum atomic E-state index is 12.7.